The van der Waals surface area contributed by atoms with Gasteiger partial charge in [-0.2, -0.15) is 5.10 Å². The quantitative estimate of drug-likeness (QED) is 0.643. The molecule has 1 amide bonds. The molecule has 1 fully saturated rings. The van der Waals surface area contributed by atoms with Gasteiger partial charge >= 0.3 is 0 Å². The van der Waals surface area contributed by atoms with Crippen LogP contribution in [0.3, 0.4) is 0 Å². The molecule has 0 spiro atoms. The van der Waals surface area contributed by atoms with Crippen LogP contribution >= 0.6 is 27.3 Å². The highest BCUT2D eigenvalue weighted by molar-refractivity contribution is 9.11. The van der Waals surface area contributed by atoms with Gasteiger partial charge in [0.15, 0.2) is 0 Å². The fraction of sp³-hybridized carbons (Fsp3) is 0.250. The molecule has 0 radical (unpaired) electrons. The zero-order chi connectivity index (χ0) is 14.8. The van der Waals surface area contributed by atoms with E-state index in [4.69, 9.17) is 0 Å². The summed E-state index contributed by atoms with van der Waals surface area (Å²) in [6, 6.07) is 14.1. The molecule has 1 heterocycles. The van der Waals surface area contributed by atoms with Crippen molar-refractivity contribution in [2.45, 2.75) is 19.3 Å². The Balaban J connectivity index is 1.58. The number of nitrogens with zero attached hydrogens (tertiary/aromatic N) is 1. The van der Waals surface area contributed by atoms with E-state index in [2.05, 4.69) is 38.6 Å². The van der Waals surface area contributed by atoms with Crippen LogP contribution in [-0.4, -0.2) is 11.6 Å². The summed E-state index contributed by atoms with van der Waals surface area (Å²) in [4.78, 5) is 13.2. The van der Waals surface area contributed by atoms with Crippen LogP contribution in [0.1, 0.15) is 29.7 Å². The van der Waals surface area contributed by atoms with Gasteiger partial charge in [0.25, 0.3) is 0 Å². The molecule has 3 nitrogen and oxygen atoms in total. The van der Waals surface area contributed by atoms with Crippen LogP contribution in [-0.2, 0) is 4.79 Å². The minimum absolute atomic E-state index is 0.0128. The topological polar surface area (TPSA) is 41.5 Å². The average molecular weight is 363 g/mol. The number of hydrogen-bond acceptors (Lipinski definition) is 3. The number of nitrogens with one attached hydrogen (secondary N) is 1. The Labute approximate surface area is 136 Å². The van der Waals surface area contributed by atoms with Gasteiger partial charge in [0.05, 0.1) is 14.4 Å². The van der Waals surface area contributed by atoms with Gasteiger partial charge in [0.1, 0.15) is 0 Å². The van der Waals surface area contributed by atoms with Crippen LogP contribution in [0, 0.1) is 5.92 Å². The van der Waals surface area contributed by atoms with Crippen molar-refractivity contribution >= 4 is 38.9 Å². The third-order valence-corrected chi connectivity index (χ3v) is 5.35. The predicted molar refractivity (Wildman–Crippen MR) is 89.7 cm³/mol. The highest BCUT2D eigenvalue weighted by Crippen LogP contribution is 2.47. The Bertz CT molecular complexity index is 681. The Morgan fingerprint density at radius 1 is 1.29 bits per heavy atom. The fourth-order valence-electron chi connectivity index (χ4n) is 2.34. The summed E-state index contributed by atoms with van der Waals surface area (Å²) in [5.74, 6) is 0.412. The first kappa shape index (κ1) is 14.5. The van der Waals surface area contributed by atoms with Crippen LogP contribution in [0.25, 0.3) is 0 Å². The summed E-state index contributed by atoms with van der Waals surface area (Å²) in [6.07, 6.45) is 0.912. The molecule has 1 aliphatic rings. The van der Waals surface area contributed by atoms with Crippen molar-refractivity contribution in [3.63, 3.8) is 0 Å². The Morgan fingerprint density at radius 3 is 2.71 bits per heavy atom. The normalized spacial score (nSPS) is 21.1. The highest BCUT2D eigenvalue weighted by atomic mass is 79.9. The molecule has 5 heteroatoms. The van der Waals surface area contributed by atoms with Crippen molar-refractivity contribution in [1.29, 1.82) is 0 Å². The zero-order valence-corrected chi connectivity index (χ0v) is 13.9. The second-order valence-corrected chi connectivity index (χ2v) is 7.60. The van der Waals surface area contributed by atoms with E-state index in [1.807, 2.05) is 37.3 Å². The number of carbonyl (C=O) groups excluding carboxylic acids is 1. The number of hydrazone groups is 1. The molecular weight excluding hydrogens is 348 g/mol. The van der Waals surface area contributed by atoms with Crippen LogP contribution in [0.5, 0.6) is 0 Å². The molecule has 3 rings (SSSR count). The van der Waals surface area contributed by atoms with E-state index in [0.717, 1.165) is 20.8 Å². The molecule has 1 saturated carbocycles. The second kappa shape index (κ2) is 6.12. The average Bonchev–Trinajstić information content (AvgIpc) is 3.20. The Kier molecular flexibility index (Phi) is 4.22. The molecule has 0 aliphatic heterocycles. The molecule has 0 saturated heterocycles. The van der Waals surface area contributed by atoms with Gasteiger partial charge in [-0.3, -0.25) is 4.79 Å². The number of rotatable bonds is 4. The lowest BCUT2D eigenvalue weighted by molar-refractivity contribution is -0.122. The van der Waals surface area contributed by atoms with Crippen LogP contribution in [0.4, 0.5) is 0 Å². The molecule has 108 valence electrons. The van der Waals surface area contributed by atoms with Crippen molar-refractivity contribution < 1.29 is 4.79 Å². The summed E-state index contributed by atoms with van der Waals surface area (Å²) in [6.45, 7) is 1.90. The number of amides is 1. The highest BCUT2D eigenvalue weighted by Gasteiger charge is 2.43. The van der Waals surface area contributed by atoms with E-state index in [0.29, 0.717) is 5.92 Å². The van der Waals surface area contributed by atoms with Crippen molar-refractivity contribution in [1.82, 2.24) is 5.43 Å². The van der Waals surface area contributed by atoms with E-state index in [1.54, 1.807) is 11.3 Å². The molecule has 1 N–H and O–H groups in total. The number of carbonyl (C=O) groups is 1. The van der Waals surface area contributed by atoms with E-state index in [-0.39, 0.29) is 11.8 Å². The Hall–Kier alpha value is -1.46. The van der Waals surface area contributed by atoms with E-state index < -0.39 is 0 Å². The lowest BCUT2D eigenvalue weighted by atomic mass is 10.1. The maximum absolute atomic E-state index is 12.1. The van der Waals surface area contributed by atoms with Crippen molar-refractivity contribution in [3.05, 3.63) is 56.7 Å². The lowest BCUT2D eigenvalue weighted by Gasteiger charge is -2.01. The molecule has 0 bridgehead atoms. The van der Waals surface area contributed by atoms with E-state index in [1.165, 1.54) is 5.56 Å². The summed E-state index contributed by atoms with van der Waals surface area (Å²) in [7, 11) is 0. The largest absolute Gasteiger partial charge is 0.273 e. The van der Waals surface area contributed by atoms with Gasteiger partial charge in [0.2, 0.25) is 5.91 Å². The van der Waals surface area contributed by atoms with Crippen molar-refractivity contribution in [3.8, 4) is 0 Å². The van der Waals surface area contributed by atoms with E-state index >= 15 is 0 Å². The standard InChI is InChI=1S/C16H15BrN2OS/c1-10(14-7-8-15(17)21-14)18-19-16(20)13-9-12(13)11-5-3-2-4-6-11/h2-8,12-13H,9H2,1H3,(H,19,20). The molecule has 21 heavy (non-hydrogen) atoms. The van der Waals surface area contributed by atoms with Crippen LogP contribution in [0.2, 0.25) is 0 Å². The maximum atomic E-state index is 12.1. The van der Waals surface area contributed by atoms with Crippen molar-refractivity contribution in [2.75, 3.05) is 0 Å². The first-order chi connectivity index (χ1) is 10.1. The molecule has 1 aromatic carbocycles. The number of hydrogen-bond donors (Lipinski definition) is 1. The monoisotopic (exact) mass is 362 g/mol. The SMILES string of the molecule is CC(=NNC(=O)C1CC1c1ccccc1)c1ccc(Br)s1. The molecular formula is C16H15BrN2OS. The molecule has 2 unspecified atom stereocenters. The minimum atomic E-state index is 0.0128. The van der Waals surface area contributed by atoms with Gasteiger partial charge < -0.3 is 0 Å². The van der Waals surface area contributed by atoms with Crippen molar-refractivity contribution in [2.24, 2.45) is 11.0 Å². The van der Waals surface area contributed by atoms with Gasteiger partial charge in [-0.05, 0) is 52.9 Å². The summed E-state index contributed by atoms with van der Waals surface area (Å²) >= 11 is 5.03. The molecule has 1 aromatic heterocycles. The number of halogens is 1. The summed E-state index contributed by atoms with van der Waals surface area (Å²) < 4.78 is 1.06. The third kappa shape index (κ3) is 3.41. The lowest BCUT2D eigenvalue weighted by Crippen LogP contribution is -2.21. The maximum Gasteiger partial charge on any atom is 0.243 e. The first-order valence-corrected chi connectivity index (χ1v) is 8.41. The molecule has 1 aliphatic carbocycles. The summed E-state index contributed by atoms with van der Waals surface area (Å²) in [5.41, 5.74) is 4.76. The zero-order valence-electron chi connectivity index (χ0n) is 11.5. The number of thiophene rings is 1. The van der Waals surface area contributed by atoms with Crippen LogP contribution in [0.15, 0.2) is 51.4 Å². The third-order valence-electron chi connectivity index (χ3n) is 3.62. The number of benzene rings is 1. The van der Waals surface area contributed by atoms with Gasteiger partial charge in [-0.25, -0.2) is 5.43 Å². The molecule has 2 aromatic rings. The van der Waals surface area contributed by atoms with Crippen LogP contribution < -0.4 is 5.43 Å². The van der Waals surface area contributed by atoms with Gasteiger partial charge in [-0.1, -0.05) is 30.3 Å². The summed E-state index contributed by atoms with van der Waals surface area (Å²) in [5, 5.41) is 4.20. The minimum Gasteiger partial charge on any atom is -0.273 e. The molecule has 2 atom stereocenters. The first-order valence-electron chi connectivity index (χ1n) is 6.80. The smallest absolute Gasteiger partial charge is 0.243 e. The van der Waals surface area contributed by atoms with Gasteiger partial charge in [-0.15, -0.1) is 11.3 Å². The van der Waals surface area contributed by atoms with E-state index in [9.17, 15) is 4.79 Å². The second-order valence-electron chi connectivity index (χ2n) is 5.14. The fourth-order valence-corrected chi connectivity index (χ4v) is 3.67. The predicted octanol–water partition coefficient (Wildman–Crippen LogP) is 4.15. The Morgan fingerprint density at radius 2 is 2.05 bits per heavy atom. The van der Waals surface area contributed by atoms with Gasteiger partial charge in [0, 0.05) is 5.92 Å².